The van der Waals surface area contributed by atoms with Gasteiger partial charge in [-0.1, -0.05) is 65.7 Å². The molecule has 3 fully saturated rings. The van der Waals surface area contributed by atoms with Crippen LogP contribution in [-0.2, 0) is 35.5 Å². The van der Waals surface area contributed by atoms with Crippen LogP contribution in [0.25, 0.3) is 0 Å². The molecule has 0 spiro atoms. The largest absolute Gasteiger partial charge is 0.870 e. The molecule has 13 nitrogen and oxygen atoms in total. The molecule has 4 N–H and O–H groups in total. The number of benzene rings is 3. The van der Waals surface area contributed by atoms with Gasteiger partial charge < -0.3 is 29.7 Å². The third-order valence-electron chi connectivity index (χ3n) is 9.43. The second kappa shape index (κ2) is 18.2. The second-order valence-electron chi connectivity index (χ2n) is 13.0. The highest BCUT2D eigenvalue weighted by Crippen LogP contribution is 2.36. The number of halogens is 2. The predicted octanol–water partition coefficient (Wildman–Crippen LogP) is 5.71. The quantitative estimate of drug-likeness (QED) is 0.141. The minimum Gasteiger partial charge on any atom is -0.870 e. The van der Waals surface area contributed by atoms with Gasteiger partial charge in [-0.2, -0.15) is 0 Å². The first-order valence-corrected chi connectivity index (χ1v) is 19.5. The van der Waals surface area contributed by atoms with E-state index >= 15 is 0 Å². The SMILES string of the molecule is COc1ccc(C(Cc2c(Cl)c[nH+]cc2Cl)OC(=O)CS(=O)(=O)Nc2cccc(NC(C(=O)O[C@H]3CN4CCC3CC4)c3ccccc3)c2)cc1OC.[OH-]. The van der Waals surface area contributed by atoms with Crippen molar-refractivity contribution in [2.45, 2.75) is 37.5 Å². The van der Waals surface area contributed by atoms with Crippen molar-refractivity contribution in [3.63, 3.8) is 0 Å². The Hall–Kier alpha value is -4.60. The van der Waals surface area contributed by atoms with Gasteiger partial charge in [0.15, 0.2) is 35.7 Å². The van der Waals surface area contributed by atoms with Crippen LogP contribution in [-0.4, -0.2) is 76.4 Å². The van der Waals surface area contributed by atoms with Gasteiger partial charge in [0, 0.05) is 24.2 Å². The number of rotatable bonds is 15. The summed E-state index contributed by atoms with van der Waals surface area (Å²) < 4.78 is 51.7. The van der Waals surface area contributed by atoms with Crippen LogP contribution in [0.4, 0.5) is 11.4 Å². The van der Waals surface area contributed by atoms with E-state index in [0.29, 0.717) is 49.8 Å². The second-order valence-corrected chi connectivity index (χ2v) is 15.5. The van der Waals surface area contributed by atoms with Gasteiger partial charge in [0.2, 0.25) is 10.0 Å². The van der Waals surface area contributed by atoms with Crippen molar-refractivity contribution in [1.29, 1.82) is 0 Å². The summed E-state index contributed by atoms with van der Waals surface area (Å²) in [5.41, 5.74) is 2.34. The average Bonchev–Trinajstić information content (AvgIpc) is 3.15. The fraction of sp³-hybridized carbons (Fsp3) is 0.342. The van der Waals surface area contributed by atoms with Crippen LogP contribution in [0.15, 0.2) is 85.2 Å². The maximum Gasteiger partial charge on any atom is 0.333 e. The first kappa shape index (κ1) is 40.6. The fourth-order valence-electron chi connectivity index (χ4n) is 6.73. The number of sulfonamides is 1. The minimum atomic E-state index is -4.26. The summed E-state index contributed by atoms with van der Waals surface area (Å²) in [5, 5.41) is 3.85. The normalized spacial score (nSPS) is 18.7. The molecule has 0 radical (unpaired) electrons. The number of hydrogen-bond donors (Lipinski definition) is 2. The average molecular weight is 802 g/mol. The van der Waals surface area contributed by atoms with E-state index < -0.39 is 39.9 Å². The maximum absolute atomic E-state index is 13.6. The van der Waals surface area contributed by atoms with Gasteiger partial charge in [0.1, 0.15) is 22.3 Å². The van der Waals surface area contributed by atoms with Crippen molar-refractivity contribution in [2.75, 3.05) is 49.6 Å². The van der Waals surface area contributed by atoms with Crippen molar-refractivity contribution < 1.29 is 47.4 Å². The summed E-state index contributed by atoms with van der Waals surface area (Å²) in [7, 11) is -1.30. The molecular formula is C38H42Cl2N4O9S. The summed E-state index contributed by atoms with van der Waals surface area (Å²) >= 11 is 12.8. The Morgan fingerprint density at radius 1 is 0.889 bits per heavy atom. The Morgan fingerprint density at radius 3 is 2.22 bits per heavy atom. The van der Waals surface area contributed by atoms with E-state index in [4.69, 9.17) is 42.1 Å². The summed E-state index contributed by atoms with van der Waals surface area (Å²) in [4.78, 5) is 32.1. The number of hydrogen-bond acceptors (Lipinski definition) is 11. The topological polar surface area (TPSA) is 177 Å². The molecule has 2 bridgehead atoms. The van der Waals surface area contributed by atoms with Gasteiger partial charge in [-0.25, -0.2) is 18.2 Å². The van der Waals surface area contributed by atoms with Gasteiger partial charge >= 0.3 is 11.9 Å². The molecule has 3 aliphatic heterocycles. The molecule has 3 aromatic carbocycles. The molecule has 0 aliphatic carbocycles. The van der Waals surface area contributed by atoms with Gasteiger partial charge in [0.05, 0.1) is 19.9 Å². The number of ether oxygens (including phenoxy) is 4. The highest BCUT2D eigenvalue weighted by Gasteiger charge is 2.38. The molecule has 54 heavy (non-hydrogen) atoms. The van der Waals surface area contributed by atoms with Crippen LogP contribution in [0.2, 0.25) is 10.0 Å². The van der Waals surface area contributed by atoms with Crippen LogP contribution in [0, 0.1) is 5.92 Å². The number of piperidine rings is 3. The number of esters is 2. The maximum atomic E-state index is 13.6. The first-order chi connectivity index (χ1) is 25.5. The lowest BCUT2D eigenvalue weighted by Crippen LogP contribution is -2.52. The van der Waals surface area contributed by atoms with E-state index in [0.717, 1.165) is 32.5 Å². The van der Waals surface area contributed by atoms with Crippen LogP contribution in [0.1, 0.15) is 41.7 Å². The molecule has 7 rings (SSSR count). The highest BCUT2D eigenvalue weighted by molar-refractivity contribution is 7.93. The number of carbonyl (C=O) groups excluding carboxylic acids is 2. The van der Waals surface area contributed by atoms with E-state index in [1.54, 1.807) is 42.5 Å². The molecule has 4 aromatic rings. The van der Waals surface area contributed by atoms with Crippen molar-refractivity contribution in [2.24, 2.45) is 5.92 Å². The molecule has 3 aliphatic rings. The Labute approximate surface area is 324 Å². The molecule has 3 saturated heterocycles. The molecule has 0 amide bonds. The van der Waals surface area contributed by atoms with Gasteiger partial charge in [-0.15, -0.1) is 0 Å². The van der Waals surface area contributed by atoms with Crippen LogP contribution in [0.5, 0.6) is 11.5 Å². The molecule has 2 unspecified atom stereocenters. The summed E-state index contributed by atoms with van der Waals surface area (Å²) in [6, 6.07) is 19.8. The van der Waals surface area contributed by atoms with Gasteiger partial charge in [-0.3, -0.25) is 14.4 Å². The molecule has 1 aromatic heterocycles. The Bertz CT molecular complexity index is 2010. The van der Waals surface area contributed by atoms with Gasteiger partial charge in [-0.05, 0) is 73.3 Å². The first-order valence-electron chi connectivity index (χ1n) is 17.1. The number of nitrogens with one attached hydrogen (secondary N) is 3. The zero-order valence-corrected chi connectivity index (χ0v) is 32.0. The van der Waals surface area contributed by atoms with E-state index in [2.05, 4.69) is 19.9 Å². The third-order valence-corrected chi connectivity index (χ3v) is 11.3. The Morgan fingerprint density at radius 2 is 1.57 bits per heavy atom. The Balaban J connectivity index is 0.00000561. The van der Waals surface area contributed by atoms with E-state index in [1.165, 1.54) is 26.6 Å². The standard InChI is InChI=1S/C38H40Cl2N4O8S.H2O/c1-49-32-12-11-26(17-34(32)50-2)33(19-29-30(39)20-41-21-31(29)40)51-36(45)23-53(47,48)43-28-10-6-9-27(18-28)42-37(25-7-4-3-5-8-25)38(46)52-35-22-44-15-13-24(35)14-16-44;/h3-12,17-18,20-21,24,33,35,37,42-43H,13-16,19,22-23H2,1-2H3;1H2/t33?,35-,37?;/m0./s1. The molecule has 288 valence electrons. The third kappa shape index (κ3) is 10.1. The van der Waals surface area contributed by atoms with Crippen LogP contribution in [0.3, 0.4) is 0 Å². The fourth-order valence-corrected chi connectivity index (χ4v) is 8.19. The van der Waals surface area contributed by atoms with Crippen molar-refractivity contribution in [1.82, 2.24) is 4.90 Å². The Kier molecular flexibility index (Phi) is 13.6. The number of fused-ring (bicyclic) bond motifs is 3. The number of carbonyl (C=O) groups is 2. The summed E-state index contributed by atoms with van der Waals surface area (Å²) in [6.45, 7) is 2.77. The smallest absolute Gasteiger partial charge is 0.333 e. The van der Waals surface area contributed by atoms with E-state index in [9.17, 15) is 18.0 Å². The zero-order valence-electron chi connectivity index (χ0n) is 29.7. The lowest BCUT2D eigenvalue weighted by molar-refractivity contribution is -0.377. The van der Waals surface area contributed by atoms with Crippen LogP contribution >= 0.6 is 23.2 Å². The number of methoxy groups -OCH3 is 2. The minimum absolute atomic E-state index is 0. The number of pyridine rings is 1. The van der Waals surface area contributed by atoms with E-state index in [-0.39, 0.29) is 23.7 Å². The van der Waals surface area contributed by atoms with Crippen LogP contribution < -0.4 is 24.5 Å². The number of anilines is 2. The summed E-state index contributed by atoms with van der Waals surface area (Å²) in [6.07, 6.45) is 3.96. The van der Waals surface area contributed by atoms with Crippen molar-refractivity contribution >= 4 is 56.5 Å². The van der Waals surface area contributed by atoms with Gasteiger partial charge in [0.25, 0.3) is 0 Å². The zero-order chi connectivity index (χ0) is 37.5. The number of aromatic nitrogens is 1. The van der Waals surface area contributed by atoms with E-state index in [1.807, 2.05) is 30.3 Å². The molecule has 16 heteroatoms. The van der Waals surface area contributed by atoms with Crippen molar-refractivity contribution in [3.05, 3.63) is 112 Å². The number of H-pyrrole nitrogens is 1. The molecule has 4 heterocycles. The lowest BCUT2D eigenvalue weighted by Gasteiger charge is -2.44. The monoisotopic (exact) mass is 800 g/mol. The number of aromatic amines is 1. The molecule has 3 atom stereocenters. The summed E-state index contributed by atoms with van der Waals surface area (Å²) in [5.74, 6) is -1.24. The van der Waals surface area contributed by atoms with Crippen molar-refractivity contribution in [3.8, 4) is 11.5 Å². The molecule has 0 saturated carbocycles. The predicted molar refractivity (Wildman–Crippen MR) is 203 cm³/mol. The molecular weight excluding hydrogens is 759 g/mol. The highest BCUT2D eigenvalue weighted by atomic mass is 35.5. The number of nitrogens with zero attached hydrogens (tertiary/aromatic N) is 1. The lowest BCUT2D eigenvalue weighted by atomic mass is 9.86.